The first-order valence-corrected chi connectivity index (χ1v) is 12.1. The Labute approximate surface area is 219 Å². The first kappa shape index (κ1) is 25.5. The molecule has 0 fully saturated rings. The van der Waals surface area contributed by atoms with Crippen LogP contribution in [0.3, 0.4) is 0 Å². The minimum Gasteiger partial charge on any atom is -0.482 e. The molecule has 4 rings (SSSR count). The van der Waals surface area contributed by atoms with Gasteiger partial charge in [-0.05, 0) is 47.9 Å². The fourth-order valence-electron chi connectivity index (χ4n) is 4.02. The summed E-state index contributed by atoms with van der Waals surface area (Å²) in [5.41, 5.74) is 3.71. The maximum atomic E-state index is 13.2. The van der Waals surface area contributed by atoms with Crippen molar-refractivity contribution in [1.29, 1.82) is 0 Å². The van der Waals surface area contributed by atoms with Crippen LogP contribution in [0.4, 0.5) is 5.69 Å². The zero-order valence-corrected chi connectivity index (χ0v) is 21.6. The second kappa shape index (κ2) is 10.6. The SMILES string of the molecule is CNC(=O)c1cccc(-c2cccc(C(C)N(C)C(=O)CN3C(=O)COc4cc(Cl)c(Cl)cc43)c2)c1. The first-order valence-electron chi connectivity index (χ1n) is 11.3. The van der Waals surface area contributed by atoms with E-state index in [0.29, 0.717) is 22.0 Å². The van der Waals surface area contributed by atoms with E-state index in [-0.39, 0.29) is 41.9 Å². The van der Waals surface area contributed by atoms with Gasteiger partial charge >= 0.3 is 0 Å². The first-order chi connectivity index (χ1) is 17.2. The second-order valence-corrected chi connectivity index (χ2v) is 9.28. The minimum atomic E-state index is -0.340. The van der Waals surface area contributed by atoms with Crippen molar-refractivity contribution < 1.29 is 19.1 Å². The molecule has 0 spiro atoms. The van der Waals surface area contributed by atoms with Crippen molar-refractivity contribution in [3.05, 3.63) is 81.8 Å². The van der Waals surface area contributed by atoms with Gasteiger partial charge in [-0.2, -0.15) is 0 Å². The molecule has 1 atom stereocenters. The summed E-state index contributed by atoms with van der Waals surface area (Å²) in [5.74, 6) is -0.344. The number of fused-ring (bicyclic) bond motifs is 1. The van der Waals surface area contributed by atoms with Crippen molar-refractivity contribution in [2.75, 3.05) is 32.1 Å². The minimum absolute atomic E-state index is 0.158. The van der Waals surface area contributed by atoms with E-state index >= 15 is 0 Å². The summed E-state index contributed by atoms with van der Waals surface area (Å²) in [6, 6.07) is 18.0. The third kappa shape index (κ3) is 5.17. The van der Waals surface area contributed by atoms with Gasteiger partial charge in [0.1, 0.15) is 12.3 Å². The fourth-order valence-corrected chi connectivity index (χ4v) is 4.33. The summed E-state index contributed by atoms with van der Waals surface area (Å²) in [6.07, 6.45) is 0. The van der Waals surface area contributed by atoms with Gasteiger partial charge in [-0.1, -0.05) is 53.5 Å². The summed E-state index contributed by atoms with van der Waals surface area (Å²) < 4.78 is 5.46. The number of hydrogen-bond acceptors (Lipinski definition) is 4. The Kier molecular flexibility index (Phi) is 7.52. The molecule has 1 unspecified atom stereocenters. The van der Waals surface area contributed by atoms with Gasteiger partial charge in [-0.25, -0.2) is 0 Å². The van der Waals surface area contributed by atoms with Gasteiger partial charge < -0.3 is 15.0 Å². The molecule has 7 nitrogen and oxygen atoms in total. The number of carbonyl (C=O) groups excluding carboxylic acids is 3. The van der Waals surface area contributed by atoms with Crippen molar-refractivity contribution in [3.8, 4) is 16.9 Å². The average molecular weight is 526 g/mol. The van der Waals surface area contributed by atoms with Crippen LogP contribution in [-0.2, 0) is 9.59 Å². The summed E-state index contributed by atoms with van der Waals surface area (Å²) in [5, 5.41) is 3.21. The number of benzene rings is 3. The van der Waals surface area contributed by atoms with E-state index in [9.17, 15) is 14.4 Å². The van der Waals surface area contributed by atoms with Crippen LogP contribution in [0.25, 0.3) is 11.1 Å². The molecular weight excluding hydrogens is 501 g/mol. The molecule has 0 saturated heterocycles. The van der Waals surface area contributed by atoms with E-state index in [1.54, 1.807) is 31.1 Å². The number of anilines is 1. The number of hydrogen-bond donors (Lipinski definition) is 1. The van der Waals surface area contributed by atoms with Crippen molar-refractivity contribution >= 4 is 46.6 Å². The lowest BCUT2D eigenvalue weighted by molar-refractivity contribution is -0.132. The zero-order valence-electron chi connectivity index (χ0n) is 20.0. The fraction of sp³-hybridized carbons (Fsp3) is 0.222. The third-order valence-electron chi connectivity index (χ3n) is 6.27. The molecule has 186 valence electrons. The molecule has 1 N–H and O–H groups in total. The third-order valence-corrected chi connectivity index (χ3v) is 6.99. The number of nitrogens with zero attached hydrogens (tertiary/aromatic N) is 2. The second-order valence-electron chi connectivity index (χ2n) is 8.47. The van der Waals surface area contributed by atoms with Gasteiger partial charge in [0.2, 0.25) is 5.91 Å². The number of nitrogens with one attached hydrogen (secondary N) is 1. The van der Waals surface area contributed by atoms with E-state index in [1.807, 2.05) is 49.4 Å². The average Bonchev–Trinajstić information content (AvgIpc) is 2.90. The molecule has 0 bridgehead atoms. The Morgan fingerprint density at radius 3 is 2.44 bits per heavy atom. The molecule has 1 heterocycles. The van der Waals surface area contributed by atoms with Crippen LogP contribution in [0.1, 0.15) is 28.9 Å². The Morgan fingerprint density at radius 2 is 1.72 bits per heavy atom. The molecule has 9 heteroatoms. The molecule has 3 aromatic carbocycles. The van der Waals surface area contributed by atoms with Gasteiger partial charge in [0.25, 0.3) is 11.8 Å². The van der Waals surface area contributed by atoms with Crippen molar-refractivity contribution in [2.24, 2.45) is 0 Å². The van der Waals surface area contributed by atoms with Gasteiger partial charge in [0, 0.05) is 25.7 Å². The maximum Gasteiger partial charge on any atom is 0.265 e. The predicted octanol–water partition coefficient (Wildman–Crippen LogP) is 4.97. The molecule has 0 aliphatic carbocycles. The van der Waals surface area contributed by atoms with Crippen molar-refractivity contribution in [2.45, 2.75) is 13.0 Å². The predicted molar refractivity (Wildman–Crippen MR) is 141 cm³/mol. The number of amides is 3. The number of carbonyl (C=O) groups is 3. The zero-order chi connectivity index (χ0) is 26.0. The molecule has 0 saturated carbocycles. The number of ether oxygens (including phenoxy) is 1. The van der Waals surface area contributed by atoms with E-state index in [4.69, 9.17) is 27.9 Å². The smallest absolute Gasteiger partial charge is 0.265 e. The van der Waals surface area contributed by atoms with Crippen LogP contribution in [0.15, 0.2) is 60.7 Å². The quantitative estimate of drug-likeness (QED) is 0.493. The van der Waals surface area contributed by atoms with Gasteiger partial charge in [-0.3, -0.25) is 19.3 Å². The normalized spacial score (nSPS) is 13.5. The molecule has 36 heavy (non-hydrogen) atoms. The van der Waals surface area contributed by atoms with Crippen molar-refractivity contribution in [3.63, 3.8) is 0 Å². The largest absolute Gasteiger partial charge is 0.482 e. The van der Waals surface area contributed by atoms with Crippen LogP contribution < -0.4 is 15.0 Å². The highest BCUT2D eigenvalue weighted by atomic mass is 35.5. The Bertz CT molecular complexity index is 1340. The van der Waals surface area contributed by atoms with Crippen LogP contribution in [0.2, 0.25) is 10.0 Å². The molecular formula is C27H25Cl2N3O4. The van der Waals surface area contributed by atoms with E-state index < -0.39 is 0 Å². The summed E-state index contributed by atoms with van der Waals surface area (Å²) >= 11 is 12.2. The van der Waals surface area contributed by atoms with E-state index in [1.165, 1.54) is 11.0 Å². The summed E-state index contributed by atoms with van der Waals surface area (Å²) in [6.45, 7) is 1.57. The van der Waals surface area contributed by atoms with Crippen molar-refractivity contribution in [1.82, 2.24) is 10.2 Å². The number of rotatable bonds is 6. The lowest BCUT2D eigenvalue weighted by atomic mass is 9.98. The lowest BCUT2D eigenvalue weighted by Gasteiger charge is -2.32. The molecule has 0 radical (unpaired) electrons. The summed E-state index contributed by atoms with van der Waals surface area (Å²) in [7, 11) is 3.30. The lowest BCUT2D eigenvalue weighted by Crippen LogP contribution is -2.46. The highest BCUT2D eigenvalue weighted by Crippen LogP contribution is 2.39. The van der Waals surface area contributed by atoms with Crippen LogP contribution >= 0.6 is 23.2 Å². The highest BCUT2D eigenvalue weighted by Gasteiger charge is 2.30. The monoisotopic (exact) mass is 525 g/mol. The highest BCUT2D eigenvalue weighted by molar-refractivity contribution is 6.42. The number of halogens is 2. The van der Waals surface area contributed by atoms with Crippen LogP contribution in [0, 0.1) is 0 Å². The Balaban J connectivity index is 1.54. The molecule has 0 aromatic heterocycles. The molecule has 3 aromatic rings. The molecule has 1 aliphatic heterocycles. The topological polar surface area (TPSA) is 79.0 Å². The van der Waals surface area contributed by atoms with Gasteiger partial charge in [0.05, 0.1) is 21.8 Å². The van der Waals surface area contributed by atoms with Crippen LogP contribution in [-0.4, -0.2) is 49.9 Å². The van der Waals surface area contributed by atoms with Gasteiger partial charge in [0.15, 0.2) is 6.61 Å². The van der Waals surface area contributed by atoms with Gasteiger partial charge in [-0.15, -0.1) is 0 Å². The molecule has 1 aliphatic rings. The maximum absolute atomic E-state index is 13.2. The Hall–Kier alpha value is -3.55. The van der Waals surface area contributed by atoms with E-state index in [2.05, 4.69) is 5.32 Å². The van der Waals surface area contributed by atoms with E-state index in [0.717, 1.165) is 16.7 Å². The Morgan fingerprint density at radius 1 is 1.06 bits per heavy atom. The summed E-state index contributed by atoms with van der Waals surface area (Å²) in [4.78, 5) is 40.8. The molecule has 3 amide bonds. The number of likely N-dealkylation sites (N-methyl/N-ethyl adjacent to an activating group) is 1. The standard InChI is InChI=1S/C27H25Cl2N3O4/c1-16(17-6-4-7-18(10-17)19-8-5-9-20(11-19)27(35)30-2)31(3)25(33)14-32-23-12-21(28)22(29)13-24(23)36-15-26(32)34/h4-13,16H,14-15H2,1-3H3,(H,30,35). The van der Waals surface area contributed by atoms with Crippen LogP contribution in [0.5, 0.6) is 5.75 Å².